The van der Waals surface area contributed by atoms with E-state index in [-0.39, 0.29) is 16.2 Å². The van der Waals surface area contributed by atoms with Crippen LogP contribution in [0.5, 0.6) is 0 Å². The van der Waals surface area contributed by atoms with Crippen molar-refractivity contribution in [2.24, 2.45) is 0 Å². The molecule has 1 N–H and O–H groups in total. The van der Waals surface area contributed by atoms with Crippen LogP contribution < -0.4 is 15.8 Å². The molecule has 13 rings (SSSR count). The van der Waals surface area contributed by atoms with Gasteiger partial charge in [0.2, 0.25) is 0 Å². The van der Waals surface area contributed by atoms with Gasteiger partial charge in [-0.3, -0.25) is 4.98 Å². The average molecular weight is 783 g/mol. The molecule has 0 radical (unpaired) electrons. The van der Waals surface area contributed by atoms with Crippen molar-refractivity contribution in [3.63, 3.8) is 0 Å². The van der Waals surface area contributed by atoms with Gasteiger partial charge in [0.15, 0.2) is 0 Å². The summed E-state index contributed by atoms with van der Waals surface area (Å²) in [4.78, 5) is 5.29. The zero-order chi connectivity index (χ0) is 41.2. The molecule has 2 heteroatoms. The average Bonchev–Trinajstić information content (AvgIpc) is 3.76. The Kier molecular flexibility index (Phi) is 6.74. The summed E-state index contributed by atoms with van der Waals surface area (Å²) in [5, 5.41) is 13.8. The van der Waals surface area contributed by atoms with Gasteiger partial charge in [-0.05, 0) is 117 Å². The van der Waals surface area contributed by atoms with Crippen LogP contribution in [0.4, 0.5) is 0 Å². The number of nitrogens with zero attached hydrogens (tertiary/aromatic N) is 1. The number of fused-ring (bicyclic) bond motifs is 16. The highest BCUT2D eigenvalue weighted by molar-refractivity contribution is 6.22. The van der Waals surface area contributed by atoms with E-state index in [4.69, 9.17) is 4.98 Å². The van der Waals surface area contributed by atoms with E-state index in [0.29, 0.717) is 0 Å². The Hall–Kier alpha value is -6.77. The van der Waals surface area contributed by atoms with Crippen molar-refractivity contribution in [3.8, 4) is 44.6 Å². The molecule has 0 spiro atoms. The zero-order valence-electron chi connectivity index (χ0n) is 35.6. The lowest BCUT2D eigenvalue weighted by molar-refractivity contribution is 0.636. The summed E-state index contributed by atoms with van der Waals surface area (Å²) in [6, 6.07) is 52.6. The second-order valence-corrected chi connectivity index (χ2v) is 19.4. The Bertz CT molecular complexity index is 3610. The van der Waals surface area contributed by atoms with E-state index in [1.54, 1.807) is 0 Å². The lowest BCUT2D eigenvalue weighted by Crippen LogP contribution is -2.37. The summed E-state index contributed by atoms with van der Waals surface area (Å²) < 4.78 is 0. The predicted octanol–water partition coefficient (Wildman–Crippen LogP) is 12.7. The van der Waals surface area contributed by atoms with Crippen LogP contribution in [-0.4, -0.2) is 11.5 Å². The molecular formula is C59H46N2. The first-order chi connectivity index (χ1) is 29.6. The number of hydrogen-bond donors (Lipinski definition) is 1. The van der Waals surface area contributed by atoms with Crippen molar-refractivity contribution in [1.82, 2.24) is 10.3 Å². The van der Waals surface area contributed by atoms with Crippen LogP contribution in [0.3, 0.4) is 0 Å². The van der Waals surface area contributed by atoms with Crippen LogP contribution in [-0.2, 0) is 16.2 Å². The van der Waals surface area contributed by atoms with Crippen LogP contribution in [0.1, 0.15) is 80.5 Å². The molecule has 0 saturated carbocycles. The first kappa shape index (κ1) is 35.0. The summed E-state index contributed by atoms with van der Waals surface area (Å²) in [6.07, 6.45) is 4.31. The maximum absolute atomic E-state index is 5.29. The maximum atomic E-state index is 5.29. The first-order valence-corrected chi connectivity index (χ1v) is 21.9. The van der Waals surface area contributed by atoms with E-state index < -0.39 is 0 Å². The molecule has 8 aromatic carbocycles. The van der Waals surface area contributed by atoms with E-state index in [2.05, 4.69) is 192 Å². The minimum absolute atomic E-state index is 0.167. The van der Waals surface area contributed by atoms with Crippen molar-refractivity contribution >= 4 is 44.1 Å². The summed E-state index contributed by atoms with van der Waals surface area (Å²) in [6.45, 7) is 15.7. The van der Waals surface area contributed by atoms with Crippen molar-refractivity contribution in [2.75, 3.05) is 6.54 Å². The molecule has 2 nitrogen and oxygen atoms in total. The number of hydrogen-bond acceptors (Lipinski definition) is 2. The van der Waals surface area contributed by atoms with Crippen molar-refractivity contribution < 1.29 is 0 Å². The van der Waals surface area contributed by atoms with Crippen LogP contribution in [0.2, 0.25) is 0 Å². The lowest BCUT2D eigenvalue weighted by Gasteiger charge is -2.31. The third kappa shape index (κ3) is 4.30. The van der Waals surface area contributed by atoms with Crippen LogP contribution in [0, 0.1) is 0 Å². The normalized spacial score (nSPS) is 16.6. The first-order valence-electron chi connectivity index (χ1n) is 21.9. The molecule has 4 aliphatic rings. The lowest BCUT2D eigenvalue weighted by atomic mass is 9.71. The number of rotatable bonds is 2. The number of aromatic nitrogens is 1. The van der Waals surface area contributed by atoms with Gasteiger partial charge in [0.05, 0.1) is 11.4 Å². The summed E-state index contributed by atoms with van der Waals surface area (Å²) in [5.74, 6) is 0. The molecule has 1 aromatic heterocycles. The van der Waals surface area contributed by atoms with Gasteiger partial charge in [0.1, 0.15) is 0 Å². The monoisotopic (exact) mass is 782 g/mol. The van der Waals surface area contributed by atoms with Crippen LogP contribution >= 0.6 is 0 Å². The molecule has 0 unspecified atom stereocenters. The third-order valence-corrected chi connectivity index (χ3v) is 15.2. The van der Waals surface area contributed by atoms with Crippen LogP contribution in [0.15, 0.2) is 146 Å². The molecular weight excluding hydrogens is 737 g/mol. The Labute approximate surface area is 357 Å². The molecule has 61 heavy (non-hydrogen) atoms. The second kappa shape index (κ2) is 11.7. The topological polar surface area (TPSA) is 24.9 Å². The molecule has 3 aliphatic carbocycles. The molecule has 0 bridgehead atoms. The van der Waals surface area contributed by atoms with Gasteiger partial charge >= 0.3 is 0 Å². The van der Waals surface area contributed by atoms with E-state index in [1.807, 2.05) is 6.20 Å². The van der Waals surface area contributed by atoms with E-state index in [0.717, 1.165) is 12.2 Å². The minimum Gasteiger partial charge on any atom is -0.381 e. The maximum Gasteiger partial charge on any atom is 0.0792 e. The van der Waals surface area contributed by atoms with Gasteiger partial charge < -0.3 is 5.32 Å². The largest absolute Gasteiger partial charge is 0.381 e. The summed E-state index contributed by atoms with van der Waals surface area (Å²) in [7, 11) is 0. The highest BCUT2D eigenvalue weighted by Crippen LogP contribution is 2.67. The minimum atomic E-state index is -0.298. The van der Waals surface area contributed by atoms with Gasteiger partial charge in [0.25, 0.3) is 0 Å². The number of pyridine rings is 1. The van der Waals surface area contributed by atoms with E-state index >= 15 is 0 Å². The molecule has 0 fully saturated rings. The SMILES string of the molecule is CC1(C)c2ccccc2-c2c1c1c(c3c2C(C)(C)c2cc4c(C5=c6ccccc6=CCN5)c5ccccc5c(-c5nccc6ccccc56)c4cc2-3)C(C)(C)c2ccccc2-1. The standard InChI is InChI=1S/C59H46N2/c1-57(2)44-25-15-14-24-40(44)50-52(57)49-39-23-13-16-26-45(39)58(3,4)53(49)51-43-31-41-42(32-46(43)59(5,6)54(50)51)48(56-36-20-10-8-18-34(36)28-30-61-56)38-22-12-11-21-37(38)47(41)55-35-19-9-7-17-33(35)27-29-60-55/h7-29,31-32,61H,30H2,1-6H3. The Morgan fingerprint density at radius 1 is 0.443 bits per heavy atom. The molecule has 1 aliphatic heterocycles. The fraction of sp³-hybridized carbons (Fsp3) is 0.169. The van der Waals surface area contributed by atoms with Gasteiger partial charge in [-0.1, -0.05) is 169 Å². The highest BCUT2D eigenvalue weighted by Gasteiger charge is 2.52. The molecule has 9 aromatic rings. The fourth-order valence-electron chi connectivity index (χ4n) is 12.6. The van der Waals surface area contributed by atoms with Crippen molar-refractivity contribution in [2.45, 2.75) is 57.8 Å². The van der Waals surface area contributed by atoms with Crippen molar-refractivity contribution in [1.29, 1.82) is 0 Å². The van der Waals surface area contributed by atoms with Crippen LogP contribution in [0.25, 0.3) is 88.7 Å². The quantitative estimate of drug-likeness (QED) is 0.177. The van der Waals surface area contributed by atoms with Gasteiger partial charge in [-0.15, -0.1) is 0 Å². The van der Waals surface area contributed by atoms with Gasteiger partial charge in [-0.2, -0.15) is 0 Å². The predicted molar refractivity (Wildman–Crippen MR) is 256 cm³/mol. The molecule has 0 saturated heterocycles. The fourth-order valence-corrected chi connectivity index (χ4v) is 12.6. The molecule has 0 amide bonds. The second-order valence-electron chi connectivity index (χ2n) is 19.4. The molecule has 2 heterocycles. The number of benzene rings is 8. The third-order valence-electron chi connectivity index (χ3n) is 15.2. The summed E-state index contributed by atoms with van der Waals surface area (Å²) >= 11 is 0. The number of nitrogens with one attached hydrogen (secondary N) is 1. The Balaban J connectivity index is 1.27. The molecule has 0 atom stereocenters. The Morgan fingerprint density at radius 2 is 0.967 bits per heavy atom. The van der Waals surface area contributed by atoms with Gasteiger partial charge in [0, 0.05) is 50.7 Å². The van der Waals surface area contributed by atoms with Crippen molar-refractivity contribution in [3.05, 3.63) is 195 Å². The smallest absolute Gasteiger partial charge is 0.0792 e. The Morgan fingerprint density at radius 3 is 1.66 bits per heavy atom. The molecule has 292 valence electrons. The highest BCUT2D eigenvalue weighted by atomic mass is 14.9. The van der Waals surface area contributed by atoms with E-state index in [9.17, 15) is 0 Å². The van der Waals surface area contributed by atoms with Gasteiger partial charge in [-0.25, -0.2) is 0 Å². The van der Waals surface area contributed by atoms with E-state index in [1.165, 1.54) is 126 Å². The zero-order valence-corrected chi connectivity index (χ0v) is 35.6. The summed E-state index contributed by atoms with van der Waals surface area (Å²) in [5.41, 5.74) is 21.1.